The lowest BCUT2D eigenvalue weighted by molar-refractivity contribution is 1.26. The fraction of sp³-hybridized carbons (Fsp3) is 0. The van der Waals surface area contributed by atoms with Crippen molar-refractivity contribution in [3.05, 3.63) is 152 Å². The highest BCUT2D eigenvalue weighted by Crippen LogP contribution is 2.44. The molecule has 0 aromatic heterocycles. The van der Waals surface area contributed by atoms with Crippen LogP contribution in [-0.4, -0.2) is 6.71 Å². The third-order valence-corrected chi connectivity index (χ3v) is 8.77. The lowest BCUT2D eigenvalue weighted by Crippen LogP contribution is -2.61. The van der Waals surface area contributed by atoms with Crippen molar-refractivity contribution in [1.29, 1.82) is 0 Å². The lowest BCUT2D eigenvalue weighted by Gasteiger charge is -2.44. The highest BCUT2D eigenvalue weighted by molar-refractivity contribution is 7.00. The van der Waals surface area contributed by atoms with Gasteiger partial charge in [0.1, 0.15) is 0 Å². The highest BCUT2D eigenvalue weighted by atomic mass is 15.2. The molecule has 0 radical (unpaired) electrons. The summed E-state index contributed by atoms with van der Waals surface area (Å²) in [7, 11) is 0. The molecule has 0 bridgehead atoms. The van der Waals surface area contributed by atoms with Gasteiger partial charge in [-0.25, -0.2) is 0 Å². The molecule has 2 aliphatic heterocycles. The van der Waals surface area contributed by atoms with E-state index >= 15 is 0 Å². The first kappa shape index (κ1) is 22.5. The van der Waals surface area contributed by atoms with Gasteiger partial charge < -0.3 is 9.80 Å². The molecule has 7 aromatic carbocycles. The van der Waals surface area contributed by atoms with Gasteiger partial charge >= 0.3 is 0 Å². The summed E-state index contributed by atoms with van der Waals surface area (Å²) in [6.07, 6.45) is 0. The Hall–Kier alpha value is -5.28. The number of rotatable bonds is 2. The van der Waals surface area contributed by atoms with E-state index < -0.39 is 0 Å². The number of benzene rings is 7. The van der Waals surface area contributed by atoms with Crippen molar-refractivity contribution < 1.29 is 0 Å². The smallest absolute Gasteiger partial charge is 0.252 e. The van der Waals surface area contributed by atoms with E-state index in [1.807, 2.05) is 0 Å². The predicted molar refractivity (Wildman–Crippen MR) is 175 cm³/mol. The van der Waals surface area contributed by atoms with Crippen LogP contribution >= 0.6 is 0 Å². The Bertz CT molecular complexity index is 2140. The standard InChI is InChI=1S/C38H25BN2/c1-2-15-30(16-3-1)40-35-19-10-20-36-38(35)39(33-24-28-13-6-7-14-29(28)25-37(33)40)32-17-8-9-18-34(32)41(36)31-22-21-26-11-4-5-12-27(26)23-31/h1-25H. The van der Waals surface area contributed by atoms with Crippen LogP contribution in [0, 0.1) is 0 Å². The molecule has 0 saturated heterocycles. The van der Waals surface area contributed by atoms with E-state index in [1.54, 1.807) is 0 Å². The second-order valence-corrected chi connectivity index (χ2v) is 11.0. The minimum atomic E-state index is 0.133. The van der Waals surface area contributed by atoms with Crippen molar-refractivity contribution in [3.63, 3.8) is 0 Å². The number of fused-ring (bicyclic) bond motifs is 6. The van der Waals surface area contributed by atoms with Crippen molar-refractivity contribution in [3.8, 4) is 0 Å². The van der Waals surface area contributed by atoms with Crippen LogP contribution in [0.2, 0.25) is 0 Å². The molecule has 41 heavy (non-hydrogen) atoms. The summed E-state index contributed by atoms with van der Waals surface area (Å²) in [5.41, 5.74) is 11.4. The van der Waals surface area contributed by atoms with Crippen LogP contribution in [0.3, 0.4) is 0 Å². The molecule has 7 aromatic rings. The summed E-state index contributed by atoms with van der Waals surface area (Å²) in [6.45, 7) is 0.133. The summed E-state index contributed by atoms with van der Waals surface area (Å²) in [5.74, 6) is 0. The van der Waals surface area contributed by atoms with Gasteiger partial charge in [-0.15, -0.1) is 0 Å². The normalized spacial score (nSPS) is 13.2. The Morgan fingerprint density at radius 2 is 0.927 bits per heavy atom. The van der Waals surface area contributed by atoms with Crippen LogP contribution in [0.1, 0.15) is 0 Å². The molecule has 0 spiro atoms. The molecule has 0 atom stereocenters. The van der Waals surface area contributed by atoms with E-state index in [9.17, 15) is 0 Å². The molecule has 2 aliphatic rings. The van der Waals surface area contributed by atoms with Gasteiger partial charge in [-0.3, -0.25) is 0 Å². The van der Waals surface area contributed by atoms with Crippen molar-refractivity contribution in [2.45, 2.75) is 0 Å². The van der Waals surface area contributed by atoms with Gasteiger partial charge in [-0.05, 0) is 86.5 Å². The van der Waals surface area contributed by atoms with Crippen LogP contribution in [0.4, 0.5) is 34.1 Å². The second-order valence-electron chi connectivity index (χ2n) is 11.0. The Morgan fingerprint density at radius 1 is 0.341 bits per heavy atom. The Balaban J connectivity index is 1.38. The second kappa shape index (κ2) is 8.61. The molecule has 0 aliphatic carbocycles. The van der Waals surface area contributed by atoms with Crippen LogP contribution in [0.15, 0.2) is 152 Å². The summed E-state index contributed by atoms with van der Waals surface area (Å²) < 4.78 is 0. The zero-order chi connectivity index (χ0) is 26.9. The molecule has 3 heteroatoms. The van der Waals surface area contributed by atoms with Gasteiger partial charge in [-0.2, -0.15) is 0 Å². The molecule has 0 saturated carbocycles. The highest BCUT2D eigenvalue weighted by Gasteiger charge is 2.43. The van der Waals surface area contributed by atoms with E-state index in [1.165, 1.54) is 72.1 Å². The molecule has 190 valence electrons. The quantitative estimate of drug-likeness (QED) is 0.213. The average Bonchev–Trinajstić information content (AvgIpc) is 3.04. The molecule has 9 rings (SSSR count). The maximum absolute atomic E-state index is 2.46. The molecule has 0 fully saturated rings. The van der Waals surface area contributed by atoms with Crippen molar-refractivity contribution in [2.24, 2.45) is 0 Å². The number of anilines is 6. The van der Waals surface area contributed by atoms with Crippen LogP contribution in [-0.2, 0) is 0 Å². The third-order valence-electron chi connectivity index (χ3n) is 8.77. The van der Waals surface area contributed by atoms with Crippen LogP contribution < -0.4 is 26.2 Å². The molecular formula is C38H25BN2. The first-order chi connectivity index (χ1) is 20.3. The van der Waals surface area contributed by atoms with Gasteiger partial charge in [0.15, 0.2) is 0 Å². The van der Waals surface area contributed by atoms with Gasteiger partial charge in [-0.1, -0.05) is 103 Å². The summed E-state index contributed by atoms with van der Waals surface area (Å²) in [6, 6.07) is 55.6. The zero-order valence-electron chi connectivity index (χ0n) is 22.4. The first-order valence-electron chi connectivity index (χ1n) is 14.2. The number of nitrogens with zero attached hydrogens (tertiary/aromatic N) is 2. The monoisotopic (exact) mass is 520 g/mol. The first-order valence-corrected chi connectivity index (χ1v) is 14.2. The molecule has 0 amide bonds. The molecule has 2 nitrogen and oxygen atoms in total. The van der Waals surface area contributed by atoms with E-state index in [2.05, 4.69) is 161 Å². The number of hydrogen-bond donors (Lipinski definition) is 0. The van der Waals surface area contributed by atoms with E-state index in [0.29, 0.717) is 0 Å². The SMILES string of the molecule is c1ccc(N2c3cc4ccccc4cc3B3c4ccccc4N(c4ccc5ccccc5c4)c4cccc2c43)cc1. The summed E-state index contributed by atoms with van der Waals surface area (Å²) in [4.78, 5) is 4.93. The fourth-order valence-electron chi connectivity index (χ4n) is 7.02. The minimum Gasteiger partial charge on any atom is -0.311 e. The number of hydrogen-bond acceptors (Lipinski definition) is 2. The topological polar surface area (TPSA) is 6.48 Å². The molecular weight excluding hydrogens is 495 g/mol. The van der Waals surface area contributed by atoms with E-state index in [4.69, 9.17) is 0 Å². The van der Waals surface area contributed by atoms with Gasteiger partial charge in [0.2, 0.25) is 0 Å². The van der Waals surface area contributed by atoms with Crippen LogP contribution in [0.5, 0.6) is 0 Å². The lowest BCUT2D eigenvalue weighted by atomic mass is 9.33. The van der Waals surface area contributed by atoms with Crippen molar-refractivity contribution in [1.82, 2.24) is 0 Å². The van der Waals surface area contributed by atoms with E-state index in [0.717, 1.165) is 0 Å². The molecule has 0 N–H and O–H groups in total. The predicted octanol–water partition coefficient (Wildman–Crippen LogP) is 8.08. The van der Waals surface area contributed by atoms with Gasteiger partial charge in [0.05, 0.1) is 0 Å². The van der Waals surface area contributed by atoms with Gasteiger partial charge in [0, 0.05) is 34.1 Å². The number of para-hydroxylation sites is 2. The van der Waals surface area contributed by atoms with Crippen molar-refractivity contribution >= 4 is 78.8 Å². The van der Waals surface area contributed by atoms with E-state index in [-0.39, 0.29) is 6.71 Å². The fourth-order valence-corrected chi connectivity index (χ4v) is 7.02. The minimum absolute atomic E-state index is 0.133. The Labute approximate surface area is 239 Å². The Morgan fingerprint density at radius 3 is 1.71 bits per heavy atom. The largest absolute Gasteiger partial charge is 0.311 e. The third kappa shape index (κ3) is 3.26. The van der Waals surface area contributed by atoms with Crippen LogP contribution in [0.25, 0.3) is 21.5 Å². The molecule has 2 heterocycles. The van der Waals surface area contributed by atoms with Gasteiger partial charge in [0.25, 0.3) is 6.71 Å². The van der Waals surface area contributed by atoms with Crippen molar-refractivity contribution in [2.75, 3.05) is 9.80 Å². The summed E-state index contributed by atoms with van der Waals surface area (Å²) in [5, 5.41) is 5.03. The zero-order valence-corrected chi connectivity index (χ0v) is 22.4. The average molecular weight is 520 g/mol. The maximum atomic E-state index is 2.46. The maximum Gasteiger partial charge on any atom is 0.252 e. The summed E-state index contributed by atoms with van der Waals surface area (Å²) >= 11 is 0. The Kier molecular flexibility index (Phi) is 4.73. The molecule has 0 unspecified atom stereocenters.